The third-order valence-electron chi connectivity index (χ3n) is 4.00. The number of thiazole rings is 1. The first kappa shape index (κ1) is 16.5. The fraction of sp³-hybridized carbons (Fsp3) is 0.278. The predicted molar refractivity (Wildman–Crippen MR) is 94.0 cm³/mol. The molecule has 0 fully saturated rings. The molecule has 24 heavy (non-hydrogen) atoms. The Labute approximate surface area is 144 Å². The van der Waals surface area contributed by atoms with E-state index in [1.165, 1.54) is 17.0 Å². The molecule has 1 aromatic carbocycles. The predicted octanol–water partition coefficient (Wildman–Crippen LogP) is 3.76. The maximum atomic E-state index is 13.4. The van der Waals surface area contributed by atoms with Crippen molar-refractivity contribution in [3.05, 3.63) is 57.4 Å². The SMILES string of the molecule is Cc1cc(C(=O)N(C)CCc2scnc2C)c2ccc(F)cc2n1. The van der Waals surface area contributed by atoms with Gasteiger partial charge in [0.1, 0.15) is 5.82 Å². The van der Waals surface area contributed by atoms with E-state index in [2.05, 4.69) is 9.97 Å². The first-order chi connectivity index (χ1) is 11.5. The van der Waals surface area contributed by atoms with Gasteiger partial charge in [-0.1, -0.05) is 0 Å². The molecule has 0 unspecified atom stereocenters. The fourth-order valence-electron chi connectivity index (χ4n) is 2.65. The zero-order chi connectivity index (χ0) is 17.3. The van der Waals surface area contributed by atoms with Crippen molar-refractivity contribution in [1.82, 2.24) is 14.9 Å². The lowest BCUT2D eigenvalue weighted by Crippen LogP contribution is -2.29. The van der Waals surface area contributed by atoms with Crippen LogP contribution in [0.3, 0.4) is 0 Å². The van der Waals surface area contributed by atoms with E-state index in [1.807, 2.05) is 19.4 Å². The molecule has 3 rings (SSSR count). The second-order valence-electron chi connectivity index (χ2n) is 5.81. The Morgan fingerprint density at radius 1 is 1.29 bits per heavy atom. The van der Waals surface area contributed by atoms with Gasteiger partial charge in [0, 0.05) is 42.0 Å². The first-order valence-electron chi connectivity index (χ1n) is 7.67. The minimum atomic E-state index is -0.354. The quantitative estimate of drug-likeness (QED) is 0.724. The van der Waals surface area contributed by atoms with Crippen LogP contribution in [0.4, 0.5) is 4.39 Å². The molecule has 0 aliphatic heterocycles. The van der Waals surface area contributed by atoms with E-state index >= 15 is 0 Å². The fourth-order valence-corrected chi connectivity index (χ4v) is 3.42. The van der Waals surface area contributed by atoms with Gasteiger partial charge in [-0.15, -0.1) is 11.3 Å². The number of halogens is 1. The Morgan fingerprint density at radius 2 is 2.08 bits per heavy atom. The number of aryl methyl sites for hydroxylation is 2. The van der Waals surface area contributed by atoms with Crippen molar-refractivity contribution in [3.8, 4) is 0 Å². The summed E-state index contributed by atoms with van der Waals surface area (Å²) in [4.78, 5) is 24.3. The van der Waals surface area contributed by atoms with E-state index < -0.39 is 0 Å². The van der Waals surface area contributed by atoms with Crippen LogP contribution in [-0.2, 0) is 6.42 Å². The van der Waals surface area contributed by atoms with E-state index in [4.69, 9.17) is 0 Å². The molecule has 0 atom stereocenters. The monoisotopic (exact) mass is 343 g/mol. The summed E-state index contributed by atoms with van der Waals surface area (Å²) >= 11 is 1.60. The number of aromatic nitrogens is 2. The Balaban J connectivity index is 1.86. The number of carbonyl (C=O) groups is 1. The van der Waals surface area contributed by atoms with Gasteiger partial charge in [0.2, 0.25) is 0 Å². The van der Waals surface area contributed by atoms with Gasteiger partial charge < -0.3 is 4.90 Å². The van der Waals surface area contributed by atoms with Crippen LogP contribution in [0.15, 0.2) is 29.8 Å². The third-order valence-corrected chi connectivity index (χ3v) is 4.99. The molecule has 0 spiro atoms. The molecule has 0 saturated carbocycles. The van der Waals surface area contributed by atoms with Crippen molar-refractivity contribution in [2.24, 2.45) is 0 Å². The zero-order valence-electron chi connectivity index (χ0n) is 13.8. The molecule has 4 nitrogen and oxygen atoms in total. The van der Waals surface area contributed by atoms with Crippen LogP contribution in [0.5, 0.6) is 0 Å². The van der Waals surface area contributed by atoms with Crippen molar-refractivity contribution in [1.29, 1.82) is 0 Å². The van der Waals surface area contributed by atoms with Gasteiger partial charge >= 0.3 is 0 Å². The van der Waals surface area contributed by atoms with Gasteiger partial charge in [0.15, 0.2) is 0 Å². The van der Waals surface area contributed by atoms with Crippen LogP contribution >= 0.6 is 11.3 Å². The molecule has 0 saturated heterocycles. The van der Waals surface area contributed by atoms with Crippen molar-refractivity contribution in [3.63, 3.8) is 0 Å². The van der Waals surface area contributed by atoms with Crippen molar-refractivity contribution in [2.45, 2.75) is 20.3 Å². The summed E-state index contributed by atoms with van der Waals surface area (Å²) in [7, 11) is 1.78. The van der Waals surface area contributed by atoms with Crippen molar-refractivity contribution in [2.75, 3.05) is 13.6 Å². The summed E-state index contributed by atoms with van der Waals surface area (Å²) in [5.74, 6) is -0.438. The lowest BCUT2D eigenvalue weighted by molar-refractivity contribution is 0.0798. The van der Waals surface area contributed by atoms with Crippen LogP contribution in [0.25, 0.3) is 10.9 Å². The maximum absolute atomic E-state index is 13.4. The minimum absolute atomic E-state index is 0.0840. The number of nitrogens with zero attached hydrogens (tertiary/aromatic N) is 3. The summed E-state index contributed by atoms with van der Waals surface area (Å²) in [6.07, 6.45) is 0.773. The number of rotatable bonds is 4. The molecule has 0 aliphatic rings. The number of benzene rings is 1. The number of carbonyl (C=O) groups excluding carboxylic acids is 1. The number of hydrogen-bond donors (Lipinski definition) is 0. The highest BCUT2D eigenvalue weighted by Gasteiger charge is 2.17. The van der Waals surface area contributed by atoms with Crippen LogP contribution in [0.2, 0.25) is 0 Å². The van der Waals surface area contributed by atoms with Crippen molar-refractivity contribution < 1.29 is 9.18 Å². The molecule has 0 bridgehead atoms. The van der Waals surface area contributed by atoms with E-state index in [1.54, 1.807) is 35.4 Å². The maximum Gasteiger partial charge on any atom is 0.254 e. The van der Waals surface area contributed by atoms with Crippen LogP contribution in [0, 0.1) is 19.7 Å². The van der Waals surface area contributed by atoms with Gasteiger partial charge in [0.05, 0.1) is 22.3 Å². The van der Waals surface area contributed by atoms with Gasteiger partial charge in [-0.3, -0.25) is 9.78 Å². The first-order valence-corrected chi connectivity index (χ1v) is 8.55. The average molecular weight is 343 g/mol. The largest absolute Gasteiger partial charge is 0.341 e. The van der Waals surface area contributed by atoms with Gasteiger partial charge in [0.25, 0.3) is 5.91 Å². The summed E-state index contributed by atoms with van der Waals surface area (Å²) in [6.45, 7) is 4.38. The molecule has 6 heteroatoms. The zero-order valence-corrected chi connectivity index (χ0v) is 14.7. The highest BCUT2D eigenvalue weighted by molar-refractivity contribution is 7.09. The third kappa shape index (κ3) is 3.28. The molecular weight excluding hydrogens is 325 g/mol. The molecule has 0 N–H and O–H groups in total. The second-order valence-corrected chi connectivity index (χ2v) is 6.75. The smallest absolute Gasteiger partial charge is 0.254 e. The number of amides is 1. The second kappa shape index (κ2) is 6.65. The highest BCUT2D eigenvalue weighted by Crippen LogP contribution is 2.21. The normalized spacial score (nSPS) is 11.0. The molecule has 1 amide bonds. The van der Waals surface area contributed by atoms with Gasteiger partial charge in [-0.05, 0) is 32.0 Å². The molecular formula is C18H18FN3OS. The number of likely N-dealkylation sites (N-methyl/N-ethyl adjacent to an activating group) is 1. The summed E-state index contributed by atoms with van der Waals surface area (Å²) in [5.41, 5.74) is 4.59. The Hall–Kier alpha value is -2.34. The Kier molecular flexibility index (Phi) is 4.57. The van der Waals surface area contributed by atoms with Gasteiger partial charge in [-0.2, -0.15) is 0 Å². The van der Waals surface area contributed by atoms with Crippen molar-refractivity contribution >= 4 is 28.1 Å². The Morgan fingerprint density at radius 3 is 2.79 bits per heavy atom. The summed E-state index contributed by atoms with van der Waals surface area (Å²) in [5, 5.41) is 0.674. The Bertz CT molecular complexity index is 901. The van der Waals surface area contributed by atoms with E-state index in [0.29, 0.717) is 28.7 Å². The highest BCUT2D eigenvalue weighted by atomic mass is 32.1. The molecule has 124 valence electrons. The summed E-state index contributed by atoms with van der Waals surface area (Å²) < 4.78 is 13.4. The molecule has 3 aromatic rings. The number of hydrogen-bond acceptors (Lipinski definition) is 4. The van der Waals surface area contributed by atoms with Crippen LogP contribution < -0.4 is 0 Å². The van der Waals surface area contributed by atoms with E-state index in [9.17, 15) is 9.18 Å². The van der Waals surface area contributed by atoms with Crippen LogP contribution in [-0.4, -0.2) is 34.4 Å². The van der Waals surface area contributed by atoms with Crippen LogP contribution in [0.1, 0.15) is 26.6 Å². The minimum Gasteiger partial charge on any atom is -0.341 e. The average Bonchev–Trinajstić information content (AvgIpc) is 2.95. The standard InChI is InChI=1S/C18H18FN3OS/c1-11-8-15(14-5-4-13(19)9-16(14)21-11)18(23)22(3)7-6-17-12(2)20-10-24-17/h4-5,8-10H,6-7H2,1-3H3. The summed E-state index contributed by atoms with van der Waals surface area (Å²) in [6, 6.07) is 6.10. The molecule has 2 aromatic heterocycles. The topological polar surface area (TPSA) is 46.1 Å². The number of fused-ring (bicyclic) bond motifs is 1. The molecule has 2 heterocycles. The molecule has 0 aliphatic carbocycles. The van der Waals surface area contributed by atoms with E-state index in [-0.39, 0.29) is 11.7 Å². The van der Waals surface area contributed by atoms with Gasteiger partial charge in [-0.25, -0.2) is 9.37 Å². The molecule has 0 radical (unpaired) electrons. The number of pyridine rings is 1. The lowest BCUT2D eigenvalue weighted by atomic mass is 10.1. The lowest BCUT2D eigenvalue weighted by Gasteiger charge is -2.18. The van der Waals surface area contributed by atoms with E-state index in [0.717, 1.165) is 12.1 Å².